The van der Waals surface area contributed by atoms with Crippen LogP contribution in [0.15, 0.2) is 30.5 Å². The Labute approximate surface area is 153 Å². The molecule has 0 saturated heterocycles. The van der Waals surface area contributed by atoms with Gasteiger partial charge < -0.3 is 10.1 Å². The average molecular weight is 377 g/mol. The molecule has 4 N–H and O–H groups in total. The minimum absolute atomic E-state index is 0.0454. The van der Waals surface area contributed by atoms with Gasteiger partial charge >= 0.3 is 6.43 Å². The number of ketones is 1. The van der Waals surface area contributed by atoms with E-state index in [2.05, 4.69) is 15.3 Å². The van der Waals surface area contributed by atoms with Crippen LogP contribution in [0.2, 0.25) is 0 Å². The third-order valence-corrected chi connectivity index (χ3v) is 4.32. The Morgan fingerprint density at radius 1 is 1.30 bits per heavy atom. The van der Waals surface area contributed by atoms with Gasteiger partial charge in [0.25, 0.3) is 5.91 Å². The monoisotopic (exact) mass is 377 g/mol. The molecule has 27 heavy (non-hydrogen) atoms. The Bertz CT molecular complexity index is 887. The molecule has 8 nitrogen and oxygen atoms in total. The van der Waals surface area contributed by atoms with Crippen molar-refractivity contribution < 1.29 is 23.1 Å². The number of para-hydroxylation sites is 1. The maximum atomic E-state index is 12.9. The van der Waals surface area contributed by atoms with Crippen molar-refractivity contribution in [1.29, 1.82) is 0 Å². The van der Waals surface area contributed by atoms with Gasteiger partial charge in [-0.2, -0.15) is 0 Å². The van der Waals surface area contributed by atoms with Crippen LogP contribution < -0.4 is 21.3 Å². The largest absolute Gasteiger partial charge is 0.496 e. The zero-order valence-corrected chi connectivity index (χ0v) is 14.3. The second-order valence-electron chi connectivity index (χ2n) is 6.00. The van der Waals surface area contributed by atoms with Gasteiger partial charge in [-0.05, 0) is 18.9 Å². The van der Waals surface area contributed by atoms with E-state index in [1.165, 1.54) is 0 Å². The fourth-order valence-electron chi connectivity index (χ4n) is 2.82. The van der Waals surface area contributed by atoms with Gasteiger partial charge in [0, 0.05) is 11.8 Å². The predicted octanol–water partition coefficient (Wildman–Crippen LogP) is 1.64. The molecule has 3 rings (SSSR count). The van der Waals surface area contributed by atoms with E-state index >= 15 is 0 Å². The number of carbonyl (C=O) groups is 2. The number of hydrogen-bond acceptors (Lipinski definition) is 7. The second-order valence-corrected chi connectivity index (χ2v) is 6.00. The van der Waals surface area contributed by atoms with E-state index in [1.807, 2.05) is 18.2 Å². The summed E-state index contributed by atoms with van der Waals surface area (Å²) in [6.07, 6.45) is -0.855. The lowest BCUT2D eigenvalue weighted by Crippen LogP contribution is -2.33. The molecule has 0 atom stereocenters. The number of nitrogen functional groups attached to an aromatic ring is 1. The number of aromatic nitrogens is 2. The fraction of sp³-hybridized carbons (Fsp3) is 0.294. The summed E-state index contributed by atoms with van der Waals surface area (Å²) in [6, 6.07) is 7.36. The predicted molar refractivity (Wildman–Crippen MR) is 91.5 cm³/mol. The van der Waals surface area contributed by atoms with E-state index in [0.717, 1.165) is 24.6 Å². The Morgan fingerprint density at radius 3 is 2.59 bits per heavy atom. The highest BCUT2D eigenvalue weighted by Crippen LogP contribution is 2.50. The molecule has 1 aliphatic carbocycles. The molecular formula is C17H17F2N5O3. The van der Waals surface area contributed by atoms with Crippen LogP contribution in [-0.4, -0.2) is 35.2 Å². The summed E-state index contributed by atoms with van der Waals surface area (Å²) >= 11 is 0. The molecule has 0 radical (unpaired) electrons. The smallest absolute Gasteiger partial charge is 0.302 e. The Balaban J connectivity index is 1.97. The van der Waals surface area contributed by atoms with Crippen molar-refractivity contribution in [2.75, 3.05) is 12.4 Å². The summed E-state index contributed by atoms with van der Waals surface area (Å²) in [5.41, 5.74) is 1.000. The first-order valence-corrected chi connectivity index (χ1v) is 8.04. The van der Waals surface area contributed by atoms with Crippen LogP contribution in [0.5, 0.6) is 5.75 Å². The van der Waals surface area contributed by atoms with Crippen LogP contribution in [0.4, 0.5) is 14.7 Å². The fourth-order valence-corrected chi connectivity index (χ4v) is 2.82. The summed E-state index contributed by atoms with van der Waals surface area (Å²) in [6.45, 7) is 0. The number of nitrogens with one attached hydrogen (secondary N) is 2. The first-order valence-electron chi connectivity index (χ1n) is 8.04. The van der Waals surface area contributed by atoms with Crippen LogP contribution in [0.1, 0.15) is 39.3 Å². The zero-order valence-electron chi connectivity index (χ0n) is 14.3. The number of nitrogens with zero attached hydrogens (tertiary/aromatic N) is 2. The minimum Gasteiger partial charge on any atom is -0.496 e. The molecule has 1 aliphatic rings. The highest BCUT2D eigenvalue weighted by molar-refractivity contribution is 6.07. The minimum atomic E-state index is -3.32. The molecule has 142 valence electrons. The van der Waals surface area contributed by atoms with Gasteiger partial charge in [0.1, 0.15) is 11.4 Å². The van der Waals surface area contributed by atoms with E-state index in [1.54, 1.807) is 18.6 Å². The number of Topliss-reactive ketones (excluding diaryl/α,β-unsaturated/α-hetero) is 1. The number of alkyl halides is 2. The molecule has 0 spiro atoms. The Kier molecular flexibility index (Phi) is 5.00. The van der Waals surface area contributed by atoms with Gasteiger partial charge in [0.15, 0.2) is 0 Å². The number of benzene rings is 1. The van der Waals surface area contributed by atoms with Crippen molar-refractivity contribution in [3.8, 4) is 5.75 Å². The first-order chi connectivity index (χ1) is 12.9. The Hall–Kier alpha value is -3.14. The lowest BCUT2D eigenvalue weighted by Gasteiger charge is -2.21. The molecule has 0 bridgehead atoms. The number of amides is 1. The number of carbonyl (C=O) groups excluding carboxylic acids is 2. The number of ether oxygens (including phenoxy) is 1. The standard InChI is InChI=1S/C17H17F2N5O3/c1-27-11-5-3-2-4-10(11)17(6-7-17)23-16-21-8-9(15(26)24-20)12(22-16)13(25)14(18)19/h2-5,8,14H,6-7,20H2,1H3,(H,24,26)(H,21,22,23). The molecule has 10 heteroatoms. The third-order valence-electron chi connectivity index (χ3n) is 4.32. The maximum Gasteiger partial charge on any atom is 0.302 e. The number of anilines is 1. The van der Waals surface area contributed by atoms with Crippen LogP contribution >= 0.6 is 0 Å². The summed E-state index contributed by atoms with van der Waals surface area (Å²) in [4.78, 5) is 31.3. The van der Waals surface area contributed by atoms with Crippen molar-refractivity contribution in [3.63, 3.8) is 0 Å². The molecule has 0 aliphatic heterocycles. The third kappa shape index (κ3) is 3.56. The van der Waals surface area contributed by atoms with Gasteiger partial charge in [-0.25, -0.2) is 24.6 Å². The zero-order chi connectivity index (χ0) is 19.6. The highest BCUT2D eigenvalue weighted by atomic mass is 19.3. The lowest BCUT2D eigenvalue weighted by molar-refractivity contribution is 0.0669. The number of nitrogens with two attached hydrogens (primary N) is 1. The second kappa shape index (κ2) is 7.23. The molecule has 1 aromatic heterocycles. The summed E-state index contributed by atoms with van der Waals surface area (Å²) in [5, 5.41) is 3.08. The summed E-state index contributed by atoms with van der Waals surface area (Å²) in [7, 11) is 1.55. The highest BCUT2D eigenvalue weighted by Gasteiger charge is 2.47. The van der Waals surface area contributed by atoms with E-state index in [-0.39, 0.29) is 5.95 Å². The molecule has 1 fully saturated rings. The number of rotatable bonds is 7. The van der Waals surface area contributed by atoms with Crippen molar-refractivity contribution >= 4 is 17.6 Å². The van der Waals surface area contributed by atoms with Crippen LogP contribution in [-0.2, 0) is 5.54 Å². The van der Waals surface area contributed by atoms with Crippen molar-refractivity contribution in [3.05, 3.63) is 47.3 Å². The first kappa shape index (κ1) is 18.6. The van der Waals surface area contributed by atoms with Crippen LogP contribution in [0, 0.1) is 0 Å². The maximum absolute atomic E-state index is 12.9. The summed E-state index contributed by atoms with van der Waals surface area (Å²) < 4.78 is 31.2. The number of methoxy groups -OCH3 is 1. The quantitative estimate of drug-likeness (QED) is 0.290. The van der Waals surface area contributed by atoms with Crippen molar-refractivity contribution in [2.45, 2.75) is 24.8 Å². The molecule has 1 saturated carbocycles. The van der Waals surface area contributed by atoms with Gasteiger partial charge in [0.2, 0.25) is 11.7 Å². The average Bonchev–Trinajstić information content (AvgIpc) is 3.47. The van der Waals surface area contributed by atoms with E-state index in [4.69, 9.17) is 10.6 Å². The van der Waals surface area contributed by atoms with Gasteiger partial charge in [-0.15, -0.1) is 0 Å². The van der Waals surface area contributed by atoms with Crippen molar-refractivity contribution in [1.82, 2.24) is 15.4 Å². The number of halogens is 2. The van der Waals surface area contributed by atoms with Gasteiger partial charge in [-0.1, -0.05) is 18.2 Å². The molecule has 1 aromatic carbocycles. The van der Waals surface area contributed by atoms with E-state index in [9.17, 15) is 18.4 Å². The van der Waals surface area contributed by atoms with E-state index in [0.29, 0.717) is 5.75 Å². The van der Waals surface area contributed by atoms with Crippen LogP contribution in [0.3, 0.4) is 0 Å². The lowest BCUT2D eigenvalue weighted by atomic mass is 10.0. The number of hydrogen-bond donors (Lipinski definition) is 3. The van der Waals surface area contributed by atoms with Crippen LogP contribution in [0.25, 0.3) is 0 Å². The molecule has 0 unspecified atom stereocenters. The molecular weight excluding hydrogens is 360 g/mol. The van der Waals surface area contributed by atoms with E-state index < -0.39 is 34.9 Å². The van der Waals surface area contributed by atoms with Gasteiger partial charge in [-0.3, -0.25) is 15.0 Å². The molecule has 1 amide bonds. The Morgan fingerprint density at radius 2 is 2.00 bits per heavy atom. The van der Waals surface area contributed by atoms with Crippen molar-refractivity contribution in [2.24, 2.45) is 5.84 Å². The summed E-state index contributed by atoms with van der Waals surface area (Å²) in [5.74, 6) is 3.12. The normalized spacial score (nSPS) is 14.6. The topological polar surface area (TPSA) is 119 Å². The molecule has 1 heterocycles. The SMILES string of the molecule is COc1ccccc1C1(Nc2ncc(C(=O)NN)c(C(=O)C(F)F)n2)CC1. The van der Waals surface area contributed by atoms with Gasteiger partial charge in [0.05, 0.1) is 18.2 Å². The number of hydrazine groups is 1. The molecule has 2 aromatic rings.